The van der Waals surface area contributed by atoms with E-state index in [2.05, 4.69) is 18.4 Å². The van der Waals surface area contributed by atoms with Crippen LogP contribution in [0.4, 0.5) is 4.39 Å². The van der Waals surface area contributed by atoms with Crippen molar-refractivity contribution in [3.05, 3.63) is 66.1 Å². The van der Waals surface area contributed by atoms with E-state index in [-0.39, 0.29) is 30.8 Å². The Morgan fingerprint density at radius 1 is 1.06 bits per heavy atom. The summed E-state index contributed by atoms with van der Waals surface area (Å²) in [4.78, 5) is 11.8. The molecule has 3 aromatic rings. The second-order valence-electron chi connectivity index (χ2n) is 8.81. The topological polar surface area (TPSA) is 71.7 Å². The van der Waals surface area contributed by atoms with Gasteiger partial charge in [0.2, 0.25) is 0 Å². The molecule has 0 aliphatic heterocycles. The highest BCUT2D eigenvalue weighted by molar-refractivity contribution is 6.01. The SMILES string of the molecule is CC(C)OC(=O)C[C@@H](O)C[C@H](O)/C=C/c1c(-c2ccc(F)cc2)c2ccccc2n1C(C)C. The number of aromatic nitrogens is 1. The minimum atomic E-state index is -1.01. The van der Waals surface area contributed by atoms with Crippen molar-refractivity contribution in [2.75, 3.05) is 0 Å². The number of esters is 1. The van der Waals surface area contributed by atoms with Gasteiger partial charge in [0.25, 0.3) is 0 Å². The van der Waals surface area contributed by atoms with Gasteiger partial charge in [0.1, 0.15) is 5.82 Å². The zero-order chi connectivity index (χ0) is 24.1. The molecule has 2 aromatic carbocycles. The second kappa shape index (κ2) is 10.8. The summed E-state index contributed by atoms with van der Waals surface area (Å²) >= 11 is 0. The van der Waals surface area contributed by atoms with Crippen molar-refractivity contribution in [1.29, 1.82) is 0 Å². The zero-order valence-electron chi connectivity index (χ0n) is 19.5. The first-order valence-electron chi connectivity index (χ1n) is 11.3. The molecule has 33 heavy (non-hydrogen) atoms. The predicted molar refractivity (Wildman–Crippen MR) is 129 cm³/mol. The molecular weight excluding hydrogens is 421 g/mol. The molecule has 1 aromatic heterocycles. The molecule has 0 bridgehead atoms. The Morgan fingerprint density at radius 2 is 1.73 bits per heavy atom. The summed E-state index contributed by atoms with van der Waals surface area (Å²) in [5, 5.41) is 21.7. The molecule has 0 spiro atoms. The Balaban J connectivity index is 1.94. The molecule has 6 heteroatoms. The molecular formula is C27H32FNO4. The molecule has 0 saturated heterocycles. The second-order valence-corrected chi connectivity index (χ2v) is 8.81. The third kappa shape index (κ3) is 6.09. The monoisotopic (exact) mass is 453 g/mol. The van der Waals surface area contributed by atoms with Crippen molar-refractivity contribution >= 4 is 22.9 Å². The largest absolute Gasteiger partial charge is 0.463 e. The highest BCUT2D eigenvalue weighted by Crippen LogP contribution is 2.38. The lowest BCUT2D eigenvalue weighted by Gasteiger charge is -2.16. The average Bonchev–Trinajstić information content (AvgIpc) is 3.06. The number of para-hydroxylation sites is 1. The number of halogens is 1. The molecule has 5 nitrogen and oxygen atoms in total. The van der Waals surface area contributed by atoms with E-state index in [9.17, 15) is 19.4 Å². The molecule has 0 radical (unpaired) electrons. The van der Waals surface area contributed by atoms with Gasteiger partial charge in [0.05, 0.1) is 24.7 Å². The number of benzene rings is 2. The van der Waals surface area contributed by atoms with Gasteiger partial charge >= 0.3 is 5.97 Å². The number of hydrogen-bond acceptors (Lipinski definition) is 4. The van der Waals surface area contributed by atoms with Crippen LogP contribution >= 0.6 is 0 Å². The Bertz CT molecular complexity index is 1120. The number of ether oxygens (including phenoxy) is 1. The molecule has 0 aliphatic rings. The third-order valence-corrected chi connectivity index (χ3v) is 5.36. The minimum Gasteiger partial charge on any atom is -0.463 e. The fraction of sp³-hybridized carbons (Fsp3) is 0.370. The summed E-state index contributed by atoms with van der Waals surface area (Å²) in [6.45, 7) is 7.65. The standard InChI is InChI=1S/C27H32FNO4/c1-17(2)29-24-8-6-5-7-23(24)27(19-9-11-20(28)12-10-19)25(29)14-13-21(30)15-22(31)16-26(32)33-18(3)4/h5-14,17-18,21-22,30-31H,15-16H2,1-4H3/b14-13+/t21-,22+/m1/s1. The Hall–Kier alpha value is -2.96. The summed E-state index contributed by atoms with van der Waals surface area (Å²) in [6, 6.07) is 14.5. The smallest absolute Gasteiger partial charge is 0.308 e. The van der Waals surface area contributed by atoms with E-state index in [0.29, 0.717) is 0 Å². The van der Waals surface area contributed by atoms with Crippen LogP contribution in [0.1, 0.15) is 52.3 Å². The Labute approximate surface area is 194 Å². The molecule has 2 N–H and O–H groups in total. The Morgan fingerprint density at radius 3 is 2.36 bits per heavy atom. The number of aliphatic hydroxyl groups is 2. The molecule has 0 aliphatic carbocycles. The number of aliphatic hydroxyl groups excluding tert-OH is 2. The van der Waals surface area contributed by atoms with Gasteiger partial charge in [-0.15, -0.1) is 0 Å². The summed E-state index contributed by atoms with van der Waals surface area (Å²) in [5.74, 6) is -0.795. The number of carbonyl (C=O) groups is 1. The van der Waals surface area contributed by atoms with Gasteiger partial charge in [-0.1, -0.05) is 36.4 Å². The van der Waals surface area contributed by atoms with Crippen molar-refractivity contribution in [3.63, 3.8) is 0 Å². The molecule has 1 heterocycles. The number of nitrogens with zero attached hydrogens (tertiary/aromatic N) is 1. The van der Waals surface area contributed by atoms with Crippen molar-refractivity contribution < 1.29 is 24.1 Å². The van der Waals surface area contributed by atoms with Gasteiger partial charge in [0.15, 0.2) is 0 Å². The minimum absolute atomic E-state index is 0.0114. The number of fused-ring (bicyclic) bond motifs is 1. The van der Waals surface area contributed by atoms with E-state index < -0.39 is 18.2 Å². The lowest BCUT2D eigenvalue weighted by Crippen LogP contribution is -2.22. The number of hydrogen-bond donors (Lipinski definition) is 2. The van der Waals surface area contributed by atoms with E-state index in [1.807, 2.05) is 30.3 Å². The van der Waals surface area contributed by atoms with Crippen LogP contribution in [0.15, 0.2) is 54.6 Å². The first-order chi connectivity index (χ1) is 15.7. The lowest BCUT2D eigenvalue weighted by atomic mass is 10.0. The molecule has 3 rings (SSSR count). The quantitative estimate of drug-likeness (QED) is 0.420. The average molecular weight is 454 g/mol. The van der Waals surface area contributed by atoms with Crippen LogP contribution in [0.25, 0.3) is 28.1 Å². The van der Waals surface area contributed by atoms with Crippen molar-refractivity contribution in [3.8, 4) is 11.1 Å². The highest BCUT2D eigenvalue weighted by Gasteiger charge is 2.20. The molecule has 0 amide bonds. The van der Waals surface area contributed by atoms with Crippen LogP contribution in [0.2, 0.25) is 0 Å². The first-order valence-corrected chi connectivity index (χ1v) is 11.3. The van der Waals surface area contributed by atoms with Crippen LogP contribution in [0.3, 0.4) is 0 Å². The summed E-state index contributed by atoms with van der Waals surface area (Å²) in [7, 11) is 0. The van der Waals surface area contributed by atoms with Crippen molar-refractivity contribution in [1.82, 2.24) is 4.57 Å². The van der Waals surface area contributed by atoms with Crippen LogP contribution in [-0.2, 0) is 9.53 Å². The number of rotatable bonds is 9. The maximum atomic E-state index is 13.6. The van der Waals surface area contributed by atoms with Gasteiger partial charge in [0, 0.05) is 34.6 Å². The van der Waals surface area contributed by atoms with E-state index in [4.69, 9.17) is 4.74 Å². The van der Waals surface area contributed by atoms with Crippen LogP contribution in [-0.4, -0.2) is 39.1 Å². The van der Waals surface area contributed by atoms with Gasteiger partial charge in [-0.25, -0.2) is 4.39 Å². The molecule has 0 fully saturated rings. The highest BCUT2D eigenvalue weighted by atomic mass is 19.1. The van der Waals surface area contributed by atoms with Crippen molar-refractivity contribution in [2.45, 2.75) is 64.9 Å². The fourth-order valence-electron chi connectivity index (χ4n) is 4.07. The maximum absolute atomic E-state index is 13.6. The summed E-state index contributed by atoms with van der Waals surface area (Å²) < 4.78 is 20.8. The fourth-order valence-corrected chi connectivity index (χ4v) is 4.07. The number of carbonyl (C=O) groups excluding carboxylic acids is 1. The van der Waals surface area contributed by atoms with E-state index in [0.717, 1.165) is 27.7 Å². The van der Waals surface area contributed by atoms with Gasteiger partial charge < -0.3 is 19.5 Å². The van der Waals surface area contributed by atoms with Gasteiger partial charge in [-0.3, -0.25) is 4.79 Å². The van der Waals surface area contributed by atoms with Crippen LogP contribution in [0.5, 0.6) is 0 Å². The van der Waals surface area contributed by atoms with Gasteiger partial charge in [-0.2, -0.15) is 0 Å². The summed E-state index contributed by atoms with van der Waals surface area (Å²) in [5.41, 5.74) is 3.74. The molecule has 176 valence electrons. The molecule has 0 saturated carbocycles. The van der Waals surface area contributed by atoms with E-state index in [1.165, 1.54) is 12.1 Å². The van der Waals surface area contributed by atoms with E-state index >= 15 is 0 Å². The lowest BCUT2D eigenvalue weighted by molar-refractivity contribution is -0.149. The normalized spacial score (nSPS) is 13.8. The molecule has 0 unspecified atom stereocenters. The summed E-state index contributed by atoms with van der Waals surface area (Å²) in [6.07, 6.45) is 1.08. The van der Waals surface area contributed by atoms with Crippen LogP contribution < -0.4 is 0 Å². The third-order valence-electron chi connectivity index (χ3n) is 5.36. The Kier molecular flexibility index (Phi) is 8.06. The van der Waals surface area contributed by atoms with Gasteiger partial charge in [-0.05, 0) is 57.5 Å². The van der Waals surface area contributed by atoms with Crippen LogP contribution in [0, 0.1) is 5.82 Å². The maximum Gasteiger partial charge on any atom is 0.308 e. The van der Waals surface area contributed by atoms with Crippen molar-refractivity contribution in [2.24, 2.45) is 0 Å². The first kappa shape index (κ1) is 24.7. The van der Waals surface area contributed by atoms with E-state index in [1.54, 1.807) is 32.1 Å². The zero-order valence-corrected chi connectivity index (χ0v) is 19.5. The molecule has 2 atom stereocenters. The predicted octanol–water partition coefficient (Wildman–Crippen LogP) is 5.50.